The van der Waals surface area contributed by atoms with Crippen LogP contribution in [0.3, 0.4) is 0 Å². The molecule has 0 N–H and O–H groups in total. The number of anilines is 1. The second kappa shape index (κ2) is 5.54. The molecule has 2 atom stereocenters. The van der Waals surface area contributed by atoms with Crippen LogP contribution in [-0.4, -0.2) is 27.4 Å². The van der Waals surface area contributed by atoms with Crippen molar-refractivity contribution in [2.45, 2.75) is 35.9 Å². The molecule has 1 aromatic carbocycles. The highest BCUT2D eigenvalue weighted by molar-refractivity contribution is 8.02. The third kappa shape index (κ3) is 2.45. The van der Waals surface area contributed by atoms with Gasteiger partial charge in [-0.15, -0.1) is 10.2 Å². The largest absolute Gasteiger partial charge is 0.308 e. The second-order valence-corrected chi connectivity index (χ2v) is 7.28. The molecule has 0 fully saturated rings. The van der Waals surface area contributed by atoms with Gasteiger partial charge in [-0.25, -0.2) is 0 Å². The van der Waals surface area contributed by atoms with Crippen LogP contribution in [0, 0.1) is 0 Å². The van der Waals surface area contributed by atoms with Crippen molar-refractivity contribution >= 4 is 34.7 Å². The number of fused-ring (bicyclic) bond motifs is 1. The van der Waals surface area contributed by atoms with Crippen LogP contribution >= 0.6 is 23.1 Å². The molecule has 0 saturated heterocycles. The molecule has 0 saturated carbocycles. The summed E-state index contributed by atoms with van der Waals surface area (Å²) in [4.78, 5) is 14.6. The van der Waals surface area contributed by atoms with Crippen molar-refractivity contribution in [2.75, 3.05) is 4.90 Å². The van der Waals surface area contributed by atoms with Crippen LogP contribution in [0.1, 0.15) is 19.4 Å². The highest BCUT2D eigenvalue weighted by Crippen LogP contribution is 2.34. The van der Waals surface area contributed by atoms with E-state index in [1.807, 2.05) is 30.0 Å². The molecule has 3 rings (SSSR count). The van der Waals surface area contributed by atoms with Gasteiger partial charge in [-0.2, -0.15) is 0 Å². The van der Waals surface area contributed by atoms with Gasteiger partial charge in [-0.1, -0.05) is 41.3 Å². The van der Waals surface area contributed by atoms with Crippen LogP contribution in [0.5, 0.6) is 0 Å². The number of nitrogens with zero attached hydrogens (tertiary/aromatic N) is 3. The minimum atomic E-state index is -0.156. The number of amides is 1. The van der Waals surface area contributed by atoms with E-state index < -0.39 is 0 Å². The molecule has 1 aliphatic heterocycles. The molecule has 2 heterocycles. The van der Waals surface area contributed by atoms with Crippen molar-refractivity contribution in [3.8, 4) is 0 Å². The Morgan fingerprint density at radius 3 is 3.05 bits per heavy atom. The van der Waals surface area contributed by atoms with Gasteiger partial charge in [-0.05, 0) is 31.9 Å². The summed E-state index contributed by atoms with van der Waals surface area (Å²) in [6, 6.07) is 8.36. The van der Waals surface area contributed by atoms with E-state index >= 15 is 0 Å². The molecule has 0 radical (unpaired) electrons. The number of aromatic nitrogens is 2. The smallest absolute Gasteiger partial charge is 0.240 e. The summed E-state index contributed by atoms with van der Waals surface area (Å²) in [5, 5.41) is 7.64. The quantitative estimate of drug-likeness (QED) is 0.818. The lowest BCUT2D eigenvalue weighted by Gasteiger charge is -2.25. The molecule has 1 amide bonds. The first-order valence-electron chi connectivity index (χ1n) is 6.50. The highest BCUT2D eigenvalue weighted by Gasteiger charge is 2.33. The van der Waals surface area contributed by atoms with Crippen LogP contribution < -0.4 is 4.90 Å². The lowest BCUT2D eigenvalue weighted by atomic mass is 10.1. The Balaban J connectivity index is 1.80. The fourth-order valence-corrected chi connectivity index (χ4v) is 4.19. The average molecular weight is 305 g/mol. The molecular formula is C14H15N3OS2. The van der Waals surface area contributed by atoms with Gasteiger partial charge < -0.3 is 4.90 Å². The number of thioether (sulfide) groups is 1. The highest BCUT2D eigenvalue weighted by atomic mass is 32.2. The molecule has 0 bridgehead atoms. The van der Waals surface area contributed by atoms with Gasteiger partial charge in [0.2, 0.25) is 5.91 Å². The molecule has 1 aromatic heterocycles. The Kier molecular flexibility index (Phi) is 3.76. The van der Waals surface area contributed by atoms with E-state index in [0.717, 1.165) is 16.4 Å². The summed E-state index contributed by atoms with van der Waals surface area (Å²) in [5.41, 5.74) is 3.99. The van der Waals surface area contributed by atoms with Gasteiger partial charge in [0.1, 0.15) is 5.51 Å². The third-order valence-corrected chi connectivity index (χ3v) is 5.31. The van der Waals surface area contributed by atoms with Gasteiger partial charge in [0, 0.05) is 11.7 Å². The summed E-state index contributed by atoms with van der Waals surface area (Å²) < 4.78 is 0.839. The molecule has 0 unspecified atom stereocenters. The van der Waals surface area contributed by atoms with Crippen molar-refractivity contribution in [2.24, 2.45) is 0 Å². The van der Waals surface area contributed by atoms with Crippen molar-refractivity contribution in [3.63, 3.8) is 0 Å². The van der Waals surface area contributed by atoms with Crippen LogP contribution in [0.15, 0.2) is 34.1 Å². The van der Waals surface area contributed by atoms with E-state index in [2.05, 4.69) is 23.2 Å². The fraction of sp³-hybridized carbons (Fsp3) is 0.357. The number of benzene rings is 1. The molecule has 4 nitrogen and oxygen atoms in total. The van der Waals surface area contributed by atoms with E-state index in [1.165, 1.54) is 28.7 Å². The Bertz CT molecular complexity index is 615. The molecule has 2 aromatic rings. The van der Waals surface area contributed by atoms with Crippen LogP contribution in [0.2, 0.25) is 0 Å². The number of rotatable bonds is 3. The Hall–Kier alpha value is -1.40. The summed E-state index contributed by atoms with van der Waals surface area (Å²) in [7, 11) is 0. The molecule has 0 spiro atoms. The maximum absolute atomic E-state index is 12.7. The number of carbonyl (C=O) groups excluding carboxylic acids is 1. The SMILES string of the molecule is C[C@@H](Sc1nncs1)C(=O)N1c2ccccc2C[C@@H]1C. The molecule has 0 aliphatic carbocycles. The van der Waals surface area contributed by atoms with Crippen LogP contribution in [0.4, 0.5) is 5.69 Å². The van der Waals surface area contributed by atoms with Crippen LogP contribution in [-0.2, 0) is 11.2 Å². The minimum absolute atomic E-state index is 0.141. The lowest BCUT2D eigenvalue weighted by Crippen LogP contribution is -2.40. The van der Waals surface area contributed by atoms with E-state index in [4.69, 9.17) is 0 Å². The van der Waals surface area contributed by atoms with E-state index in [9.17, 15) is 4.79 Å². The van der Waals surface area contributed by atoms with E-state index in [1.54, 1.807) is 5.51 Å². The molecule has 1 aliphatic rings. The fourth-order valence-electron chi connectivity index (χ4n) is 2.51. The first kappa shape index (κ1) is 13.6. The number of hydrogen-bond donors (Lipinski definition) is 0. The average Bonchev–Trinajstić information content (AvgIpc) is 3.04. The zero-order valence-corrected chi connectivity index (χ0v) is 12.9. The zero-order valence-electron chi connectivity index (χ0n) is 11.3. The molecule has 104 valence electrons. The van der Waals surface area contributed by atoms with Crippen LogP contribution in [0.25, 0.3) is 0 Å². The lowest BCUT2D eigenvalue weighted by molar-refractivity contribution is -0.118. The van der Waals surface area contributed by atoms with Crippen molar-refractivity contribution in [3.05, 3.63) is 35.3 Å². The Morgan fingerprint density at radius 1 is 1.50 bits per heavy atom. The summed E-state index contributed by atoms with van der Waals surface area (Å²) in [6.07, 6.45) is 0.929. The monoisotopic (exact) mass is 305 g/mol. The van der Waals surface area contributed by atoms with Gasteiger partial charge in [0.15, 0.2) is 4.34 Å². The summed E-state index contributed by atoms with van der Waals surface area (Å²) in [5.74, 6) is 0.141. The van der Waals surface area contributed by atoms with Gasteiger partial charge in [0.25, 0.3) is 0 Å². The van der Waals surface area contributed by atoms with Crippen molar-refractivity contribution in [1.29, 1.82) is 0 Å². The molecule has 20 heavy (non-hydrogen) atoms. The van der Waals surface area contributed by atoms with Crippen molar-refractivity contribution in [1.82, 2.24) is 10.2 Å². The van der Waals surface area contributed by atoms with Crippen molar-refractivity contribution < 1.29 is 4.79 Å². The van der Waals surface area contributed by atoms with Gasteiger partial charge in [-0.3, -0.25) is 4.79 Å². The normalized spacial score (nSPS) is 18.9. The molecule has 6 heteroatoms. The maximum Gasteiger partial charge on any atom is 0.240 e. The summed E-state index contributed by atoms with van der Waals surface area (Å²) >= 11 is 2.94. The Labute approximate surface area is 126 Å². The second-order valence-electron chi connectivity index (χ2n) is 4.85. The standard InChI is InChI=1S/C14H15N3OS2/c1-9-7-11-5-3-4-6-12(11)17(9)13(18)10(2)20-14-16-15-8-19-14/h3-6,8-10H,7H2,1-2H3/t9-,10+/m0/s1. The molecular weight excluding hydrogens is 290 g/mol. The predicted molar refractivity (Wildman–Crippen MR) is 82.3 cm³/mol. The number of para-hydroxylation sites is 1. The first-order valence-corrected chi connectivity index (χ1v) is 8.26. The Morgan fingerprint density at radius 2 is 2.30 bits per heavy atom. The third-order valence-electron chi connectivity index (χ3n) is 3.41. The predicted octanol–water partition coefficient (Wildman–Crippen LogP) is 3.00. The zero-order chi connectivity index (χ0) is 14.1. The topological polar surface area (TPSA) is 46.1 Å². The van der Waals surface area contributed by atoms with Gasteiger partial charge in [0.05, 0.1) is 5.25 Å². The maximum atomic E-state index is 12.7. The number of hydrogen-bond acceptors (Lipinski definition) is 5. The van der Waals surface area contributed by atoms with E-state index in [0.29, 0.717) is 0 Å². The number of carbonyl (C=O) groups is 1. The minimum Gasteiger partial charge on any atom is -0.308 e. The van der Waals surface area contributed by atoms with Gasteiger partial charge >= 0.3 is 0 Å². The van der Waals surface area contributed by atoms with E-state index in [-0.39, 0.29) is 17.2 Å². The first-order chi connectivity index (χ1) is 9.66. The summed E-state index contributed by atoms with van der Waals surface area (Å²) in [6.45, 7) is 4.03.